The number of aromatic nitrogens is 2. The molecule has 3 aromatic rings. The van der Waals surface area contributed by atoms with Gasteiger partial charge in [0.25, 0.3) is 0 Å². The smallest absolute Gasteiger partial charge is 0.320 e. The van der Waals surface area contributed by atoms with Gasteiger partial charge >= 0.3 is 6.55 Å². The maximum absolute atomic E-state index is 13.8. The van der Waals surface area contributed by atoms with Gasteiger partial charge in [-0.2, -0.15) is 8.78 Å². The van der Waals surface area contributed by atoms with Gasteiger partial charge in [0.2, 0.25) is 0 Å². The third-order valence-corrected chi connectivity index (χ3v) is 5.74. The largest absolute Gasteiger partial charge is 0.330 e. The lowest BCUT2D eigenvalue weighted by atomic mass is 9.89. The molecule has 1 aliphatic rings. The number of nitrogens with zero attached hydrogens (tertiary/aromatic N) is 3. The van der Waals surface area contributed by atoms with Gasteiger partial charge in [-0.25, -0.2) is 4.98 Å². The van der Waals surface area contributed by atoms with Gasteiger partial charge < -0.3 is 5.73 Å². The molecule has 3 atom stereocenters. The van der Waals surface area contributed by atoms with Crippen LogP contribution in [0, 0.1) is 5.92 Å². The third kappa shape index (κ3) is 3.24. The molecule has 1 saturated heterocycles. The van der Waals surface area contributed by atoms with E-state index < -0.39 is 6.55 Å². The molecular weight excluding hydrogens is 346 g/mol. The van der Waals surface area contributed by atoms with Gasteiger partial charge in [-0.05, 0) is 37.1 Å². The molecule has 1 aromatic heterocycles. The maximum Gasteiger partial charge on any atom is 0.320 e. The number of alkyl halides is 2. The molecule has 0 saturated carbocycles. The first-order chi connectivity index (χ1) is 13.1. The summed E-state index contributed by atoms with van der Waals surface area (Å²) in [6, 6.07) is 17.2. The summed E-state index contributed by atoms with van der Waals surface area (Å²) in [5, 5.41) is 0. The van der Waals surface area contributed by atoms with Crippen LogP contribution in [0.3, 0.4) is 0 Å². The summed E-state index contributed by atoms with van der Waals surface area (Å²) < 4.78 is 28.7. The topological polar surface area (TPSA) is 47.1 Å². The van der Waals surface area contributed by atoms with E-state index in [9.17, 15) is 8.78 Å². The van der Waals surface area contributed by atoms with Crippen molar-refractivity contribution in [2.45, 2.75) is 25.4 Å². The summed E-state index contributed by atoms with van der Waals surface area (Å²) >= 11 is 0. The van der Waals surface area contributed by atoms with Gasteiger partial charge in [-0.15, -0.1) is 0 Å². The molecule has 0 amide bonds. The van der Waals surface area contributed by atoms with Crippen LogP contribution in [0.5, 0.6) is 0 Å². The minimum absolute atomic E-state index is 0.214. The molecule has 0 spiro atoms. The summed E-state index contributed by atoms with van der Waals surface area (Å²) in [6.07, 6.45) is 0. The van der Waals surface area contributed by atoms with Crippen molar-refractivity contribution in [3.05, 3.63) is 66.0 Å². The van der Waals surface area contributed by atoms with Crippen LogP contribution in [-0.4, -0.2) is 34.1 Å². The molecule has 4 rings (SSSR count). The standard InChI is InChI=1S/C21H24F2N4/c1-14(20-25-18-9-5-6-10-19(18)27(20)21(22)23)26-12-16(11-24)17(13-26)15-7-3-2-4-8-15/h2-10,14,16-17,21H,11-13,24H2,1H3/t14?,16-,17+/m1/s1. The first-order valence-corrected chi connectivity index (χ1v) is 9.34. The molecule has 1 unspecified atom stereocenters. The van der Waals surface area contributed by atoms with Gasteiger partial charge in [0.05, 0.1) is 17.1 Å². The van der Waals surface area contributed by atoms with Crippen LogP contribution < -0.4 is 5.73 Å². The summed E-state index contributed by atoms with van der Waals surface area (Å²) in [7, 11) is 0. The van der Waals surface area contributed by atoms with E-state index in [4.69, 9.17) is 5.73 Å². The van der Waals surface area contributed by atoms with Crippen molar-refractivity contribution in [1.82, 2.24) is 14.5 Å². The molecule has 4 nitrogen and oxygen atoms in total. The predicted molar refractivity (Wildman–Crippen MR) is 103 cm³/mol. The Labute approximate surface area is 157 Å². The lowest BCUT2D eigenvalue weighted by molar-refractivity contribution is 0.0657. The molecule has 2 aromatic carbocycles. The minimum Gasteiger partial charge on any atom is -0.330 e. The molecule has 1 fully saturated rings. The Balaban J connectivity index is 1.66. The molecule has 6 heteroatoms. The number of benzene rings is 2. The van der Waals surface area contributed by atoms with E-state index in [-0.39, 0.29) is 6.04 Å². The molecule has 0 radical (unpaired) electrons. The second-order valence-electron chi connectivity index (χ2n) is 7.25. The average Bonchev–Trinajstić information content (AvgIpc) is 3.29. The van der Waals surface area contributed by atoms with Crippen LogP contribution in [0.1, 0.15) is 36.8 Å². The Hall–Kier alpha value is -2.31. The molecular formula is C21H24F2N4. The number of rotatable bonds is 5. The van der Waals surface area contributed by atoms with Gasteiger partial charge in [0.1, 0.15) is 5.82 Å². The highest BCUT2D eigenvalue weighted by Crippen LogP contribution is 2.38. The van der Waals surface area contributed by atoms with E-state index >= 15 is 0 Å². The summed E-state index contributed by atoms with van der Waals surface area (Å²) in [5.74, 6) is 1.03. The molecule has 0 bridgehead atoms. The van der Waals surface area contributed by atoms with Crippen molar-refractivity contribution in [2.75, 3.05) is 19.6 Å². The Morgan fingerprint density at radius 3 is 2.48 bits per heavy atom. The average molecular weight is 370 g/mol. The SMILES string of the molecule is CC(c1nc2ccccc2n1C(F)F)N1C[C@@H](CN)[C@H](c2ccccc2)C1. The monoisotopic (exact) mass is 370 g/mol. The molecule has 27 heavy (non-hydrogen) atoms. The fraction of sp³-hybridized carbons (Fsp3) is 0.381. The van der Waals surface area contributed by atoms with Crippen LogP contribution in [0.2, 0.25) is 0 Å². The Bertz CT molecular complexity index is 909. The van der Waals surface area contributed by atoms with Crippen molar-refractivity contribution in [3.63, 3.8) is 0 Å². The summed E-state index contributed by atoms with van der Waals surface area (Å²) in [4.78, 5) is 6.77. The number of halogens is 2. The highest BCUT2D eigenvalue weighted by atomic mass is 19.3. The van der Waals surface area contributed by atoms with E-state index in [1.165, 1.54) is 5.56 Å². The number of hydrogen-bond donors (Lipinski definition) is 1. The highest BCUT2D eigenvalue weighted by Gasteiger charge is 2.37. The van der Waals surface area contributed by atoms with E-state index in [1.807, 2.05) is 31.2 Å². The van der Waals surface area contributed by atoms with Crippen LogP contribution in [-0.2, 0) is 0 Å². The van der Waals surface area contributed by atoms with Gasteiger partial charge in [-0.1, -0.05) is 42.5 Å². The first-order valence-electron chi connectivity index (χ1n) is 9.34. The number of nitrogens with two attached hydrogens (primary N) is 1. The number of para-hydroxylation sites is 2. The Morgan fingerprint density at radius 2 is 1.78 bits per heavy atom. The van der Waals surface area contributed by atoms with Crippen LogP contribution >= 0.6 is 0 Å². The lowest BCUT2D eigenvalue weighted by Gasteiger charge is -2.24. The van der Waals surface area contributed by atoms with E-state index in [1.54, 1.807) is 18.2 Å². The van der Waals surface area contributed by atoms with Crippen molar-refractivity contribution >= 4 is 11.0 Å². The highest BCUT2D eigenvalue weighted by molar-refractivity contribution is 5.76. The lowest BCUT2D eigenvalue weighted by Crippen LogP contribution is -2.28. The predicted octanol–water partition coefficient (Wildman–Crippen LogP) is 4.17. The molecule has 2 N–H and O–H groups in total. The van der Waals surface area contributed by atoms with Crippen molar-refractivity contribution < 1.29 is 8.78 Å². The summed E-state index contributed by atoms with van der Waals surface area (Å²) in [6.45, 7) is 1.49. The molecule has 2 heterocycles. The van der Waals surface area contributed by atoms with Crippen molar-refractivity contribution in [2.24, 2.45) is 11.7 Å². The van der Waals surface area contributed by atoms with Crippen LogP contribution in [0.4, 0.5) is 8.78 Å². The van der Waals surface area contributed by atoms with E-state index in [2.05, 4.69) is 22.0 Å². The normalized spacial score (nSPS) is 22.0. The summed E-state index contributed by atoms with van der Waals surface area (Å²) in [5.41, 5.74) is 8.37. The van der Waals surface area contributed by atoms with Crippen LogP contribution in [0.25, 0.3) is 11.0 Å². The fourth-order valence-corrected chi connectivity index (χ4v) is 4.26. The first kappa shape index (κ1) is 18.1. The Kier molecular flexibility index (Phi) is 4.93. The van der Waals surface area contributed by atoms with Crippen LogP contribution in [0.15, 0.2) is 54.6 Å². The van der Waals surface area contributed by atoms with Gasteiger partial charge in [0.15, 0.2) is 0 Å². The number of likely N-dealkylation sites (tertiary alicyclic amines) is 1. The van der Waals surface area contributed by atoms with E-state index in [0.717, 1.165) is 17.7 Å². The van der Waals surface area contributed by atoms with Gasteiger partial charge in [0, 0.05) is 19.0 Å². The number of hydrogen-bond acceptors (Lipinski definition) is 3. The number of fused-ring (bicyclic) bond motifs is 1. The number of imidazole rings is 1. The minimum atomic E-state index is -2.62. The fourth-order valence-electron chi connectivity index (χ4n) is 4.26. The quantitative estimate of drug-likeness (QED) is 0.733. The van der Waals surface area contributed by atoms with Crippen molar-refractivity contribution in [1.29, 1.82) is 0 Å². The zero-order valence-corrected chi connectivity index (χ0v) is 15.3. The second-order valence-corrected chi connectivity index (χ2v) is 7.25. The molecule has 1 aliphatic heterocycles. The zero-order chi connectivity index (χ0) is 19.0. The maximum atomic E-state index is 13.8. The Morgan fingerprint density at radius 1 is 1.07 bits per heavy atom. The zero-order valence-electron chi connectivity index (χ0n) is 15.3. The molecule has 0 aliphatic carbocycles. The third-order valence-electron chi connectivity index (χ3n) is 5.74. The van der Waals surface area contributed by atoms with E-state index in [0.29, 0.717) is 35.2 Å². The second kappa shape index (κ2) is 7.37. The van der Waals surface area contributed by atoms with Crippen molar-refractivity contribution in [3.8, 4) is 0 Å². The molecule has 142 valence electrons. The van der Waals surface area contributed by atoms with Gasteiger partial charge in [-0.3, -0.25) is 9.47 Å².